The largest absolute Gasteiger partial charge is 0.366 e. The zero-order valence-electron chi connectivity index (χ0n) is 11.1. The zero-order valence-corrected chi connectivity index (χ0v) is 11.8. The topological polar surface area (TPSA) is 54.5 Å². The highest BCUT2D eigenvalue weighted by Crippen LogP contribution is 2.16. The number of pyridine rings is 1. The van der Waals surface area contributed by atoms with Crippen LogP contribution in [0.5, 0.6) is 0 Å². The van der Waals surface area contributed by atoms with Crippen LogP contribution in [0.2, 0.25) is 5.15 Å². The summed E-state index contributed by atoms with van der Waals surface area (Å²) in [5, 5.41) is 0.447. The third kappa shape index (κ3) is 5.73. The molecule has 0 fully saturated rings. The highest BCUT2D eigenvalue weighted by Gasteiger charge is 2.06. The van der Waals surface area contributed by atoms with Gasteiger partial charge in [0.05, 0.1) is 6.34 Å². The summed E-state index contributed by atoms with van der Waals surface area (Å²) in [6.45, 7) is 1.63. The van der Waals surface area contributed by atoms with Gasteiger partial charge in [0.25, 0.3) is 0 Å². The molecule has 0 aromatic carbocycles. The van der Waals surface area contributed by atoms with Gasteiger partial charge in [-0.1, -0.05) is 23.6 Å². The van der Waals surface area contributed by atoms with E-state index in [0.29, 0.717) is 11.7 Å². The number of nitrogens with zero attached hydrogens (tertiary/aromatic N) is 3. The van der Waals surface area contributed by atoms with Crippen molar-refractivity contribution in [3.8, 4) is 12.3 Å². The molecular weight excluding hydrogens is 260 g/mol. The second-order valence-electron chi connectivity index (χ2n) is 4.22. The number of hydrogen-bond donors (Lipinski definition) is 1. The van der Waals surface area contributed by atoms with Crippen LogP contribution in [0, 0.1) is 12.3 Å². The Morgan fingerprint density at radius 3 is 2.95 bits per heavy atom. The maximum Gasteiger partial charge on any atom is 0.138 e. The summed E-state index contributed by atoms with van der Waals surface area (Å²) in [6.07, 6.45) is 11.0. The van der Waals surface area contributed by atoms with Gasteiger partial charge in [-0.2, -0.15) is 0 Å². The number of unbranched alkanes of at least 4 members (excludes halogenated alkanes) is 1. The summed E-state index contributed by atoms with van der Waals surface area (Å²) in [7, 11) is 1.97. The SMILES string of the molecule is C#CC(N=CN(C)CCCCN)c1ccc(Cl)nc1. The van der Waals surface area contributed by atoms with Crippen LogP contribution >= 0.6 is 11.6 Å². The van der Waals surface area contributed by atoms with Crippen LogP contribution in [0.4, 0.5) is 0 Å². The molecular formula is C14H19ClN4. The smallest absolute Gasteiger partial charge is 0.138 e. The Balaban J connectivity index is 2.57. The van der Waals surface area contributed by atoms with Crippen LogP contribution < -0.4 is 5.73 Å². The highest BCUT2D eigenvalue weighted by atomic mass is 35.5. The van der Waals surface area contributed by atoms with Gasteiger partial charge in [-0.15, -0.1) is 6.42 Å². The lowest BCUT2D eigenvalue weighted by molar-refractivity contribution is 0.489. The standard InChI is InChI=1S/C14H19ClN4/c1-3-13(12-6-7-14(15)17-10-12)18-11-19(2)9-5-4-8-16/h1,6-7,10-11,13H,4-5,8-9,16H2,2H3. The Bertz CT molecular complexity index is 436. The molecule has 1 unspecified atom stereocenters. The van der Waals surface area contributed by atoms with Gasteiger partial charge in [-0.25, -0.2) is 4.98 Å². The average molecular weight is 279 g/mol. The number of aromatic nitrogens is 1. The summed E-state index contributed by atoms with van der Waals surface area (Å²) in [6, 6.07) is 3.22. The molecule has 0 radical (unpaired) electrons. The maximum atomic E-state index is 5.74. The molecule has 0 aliphatic heterocycles. The first-order valence-corrected chi connectivity index (χ1v) is 6.56. The fraction of sp³-hybridized carbons (Fsp3) is 0.429. The van der Waals surface area contributed by atoms with Crippen LogP contribution in [0.1, 0.15) is 24.4 Å². The van der Waals surface area contributed by atoms with E-state index in [1.54, 1.807) is 18.6 Å². The molecule has 0 amide bonds. The van der Waals surface area contributed by atoms with Crippen LogP contribution in [-0.4, -0.2) is 36.4 Å². The number of terminal acetylenes is 1. The quantitative estimate of drug-likeness (QED) is 0.273. The van der Waals surface area contributed by atoms with Crippen molar-refractivity contribution in [2.24, 2.45) is 10.7 Å². The summed E-state index contributed by atoms with van der Waals surface area (Å²) < 4.78 is 0. The van der Waals surface area contributed by atoms with E-state index in [4.69, 9.17) is 23.8 Å². The van der Waals surface area contributed by atoms with Crippen molar-refractivity contribution in [2.75, 3.05) is 20.1 Å². The van der Waals surface area contributed by atoms with E-state index >= 15 is 0 Å². The van der Waals surface area contributed by atoms with Crippen LogP contribution in [0.25, 0.3) is 0 Å². The second kappa shape index (κ2) is 8.52. The minimum atomic E-state index is -0.332. The molecule has 0 spiro atoms. The molecule has 2 N–H and O–H groups in total. The third-order valence-corrected chi connectivity index (χ3v) is 2.83. The molecule has 0 saturated heterocycles. The van der Waals surface area contributed by atoms with Crippen molar-refractivity contribution in [1.82, 2.24) is 9.88 Å². The van der Waals surface area contributed by atoms with Crippen molar-refractivity contribution in [2.45, 2.75) is 18.9 Å². The number of nitrogens with two attached hydrogens (primary N) is 1. The lowest BCUT2D eigenvalue weighted by Crippen LogP contribution is -2.18. The number of aliphatic imine (C=N–C) groups is 1. The number of hydrogen-bond acceptors (Lipinski definition) is 3. The maximum absolute atomic E-state index is 5.74. The second-order valence-corrected chi connectivity index (χ2v) is 4.61. The average Bonchev–Trinajstić information content (AvgIpc) is 2.41. The zero-order chi connectivity index (χ0) is 14.1. The van der Waals surface area contributed by atoms with E-state index in [1.165, 1.54) is 0 Å². The van der Waals surface area contributed by atoms with Gasteiger partial charge in [-0.3, -0.25) is 4.99 Å². The van der Waals surface area contributed by atoms with Gasteiger partial charge in [0.2, 0.25) is 0 Å². The molecule has 4 nitrogen and oxygen atoms in total. The normalized spacial score (nSPS) is 12.3. The molecule has 1 atom stereocenters. The first-order valence-electron chi connectivity index (χ1n) is 6.18. The van der Waals surface area contributed by atoms with E-state index < -0.39 is 0 Å². The predicted octanol–water partition coefficient (Wildman–Crippen LogP) is 2.11. The fourth-order valence-corrected chi connectivity index (χ4v) is 1.63. The fourth-order valence-electron chi connectivity index (χ4n) is 1.52. The van der Waals surface area contributed by atoms with Crippen molar-refractivity contribution in [1.29, 1.82) is 0 Å². The van der Waals surface area contributed by atoms with Gasteiger partial charge in [0.15, 0.2) is 0 Å². The third-order valence-electron chi connectivity index (χ3n) is 2.60. The van der Waals surface area contributed by atoms with E-state index in [0.717, 1.165) is 24.9 Å². The van der Waals surface area contributed by atoms with Gasteiger partial charge in [-0.05, 0) is 25.5 Å². The van der Waals surface area contributed by atoms with E-state index in [2.05, 4.69) is 15.9 Å². The Hall–Kier alpha value is -1.57. The molecule has 5 heteroatoms. The highest BCUT2D eigenvalue weighted by molar-refractivity contribution is 6.29. The van der Waals surface area contributed by atoms with Gasteiger partial charge in [0, 0.05) is 25.4 Å². The molecule has 1 heterocycles. The van der Waals surface area contributed by atoms with Crippen molar-refractivity contribution in [3.05, 3.63) is 29.0 Å². The van der Waals surface area contributed by atoms with E-state index in [9.17, 15) is 0 Å². The first kappa shape index (κ1) is 15.5. The number of halogens is 1. The Morgan fingerprint density at radius 2 is 2.37 bits per heavy atom. The van der Waals surface area contributed by atoms with Gasteiger partial charge in [0.1, 0.15) is 11.2 Å². The van der Waals surface area contributed by atoms with Crippen LogP contribution in [0.15, 0.2) is 23.3 Å². The van der Waals surface area contributed by atoms with Crippen LogP contribution in [0.3, 0.4) is 0 Å². The molecule has 0 saturated carbocycles. The van der Waals surface area contributed by atoms with Crippen LogP contribution in [-0.2, 0) is 0 Å². The van der Waals surface area contributed by atoms with E-state index in [1.807, 2.05) is 18.0 Å². The summed E-state index contributed by atoms with van der Waals surface area (Å²) in [5.74, 6) is 2.63. The molecule has 1 aromatic heterocycles. The van der Waals surface area contributed by atoms with E-state index in [-0.39, 0.29) is 6.04 Å². The van der Waals surface area contributed by atoms with Gasteiger partial charge >= 0.3 is 0 Å². The first-order chi connectivity index (χ1) is 9.17. The van der Waals surface area contributed by atoms with Crippen molar-refractivity contribution in [3.63, 3.8) is 0 Å². The van der Waals surface area contributed by atoms with Gasteiger partial charge < -0.3 is 10.6 Å². The Labute approximate surface area is 119 Å². The van der Waals surface area contributed by atoms with Crippen molar-refractivity contribution < 1.29 is 0 Å². The molecule has 0 aliphatic carbocycles. The molecule has 0 bridgehead atoms. The lowest BCUT2D eigenvalue weighted by atomic mass is 10.1. The minimum absolute atomic E-state index is 0.332. The van der Waals surface area contributed by atoms with Crippen molar-refractivity contribution >= 4 is 17.9 Å². The lowest BCUT2D eigenvalue weighted by Gasteiger charge is -2.13. The Morgan fingerprint density at radius 1 is 1.58 bits per heavy atom. The molecule has 1 rings (SSSR count). The predicted molar refractivity (Wildman–Crippen MR) is 80.2 cm³/mol. The number of rotatable bonds is 7. The summed E-state index contributed by atoms with van der Waals surface area (Å²) >= 11 is 5.74. The monoisotopic (exact) mass is 278 g/mol. The summed E-state index contributed by atoms with van der Waals surface area (Å²) in [4.78, 5) is 10.4. The molecule has 1 aromatic rings. The Kier molecular flexibility index (Phi) is 6.94. The molecule has 19 heavy (non-hydrogen) atoms. The molecule has 102 valence electrons. The minimum Gasteiger partial charge on any atom is -0.366 e. The molecule has 0 aliphatic rings. The summed E-state index contributed by atoms with van der Waals surface area (Å²) in [5.41, 5.74) is 6.31.